The van der Waals surface area contributed by atoms with Gasteiger partial charge in [0, 0.05) is 17.7 Å². The summed E-state index contributed by atoms with van der Waals surface area (Å²) in [7, 11) is 0. The van der Waals surface area contributed by atoms with Crippen molar-refractivity contribution in [3.8, 4) is 5.75 Å². The van der Waals surface area contributed by atoms with Crippen LogP contribution in [0.25, 0.3) is 6.08 Å². The molecule has 1 saturated heterocycles. The number of rotatable bonds is 6. The van der Waals surface area contributed by atoms with E-state index in [9.17, 15) is 14.9 Å². The van der Waals surface area contributed by atoms with Crippen molar-refractivity contribution in [1.82, 2.24) is 0 Å². The molecule has 8 heteroatoms. The van der Waals surface area contributed by atoms with Gasteiger partial charge in [-0.15, -0.1) is 0 Å². The first kappa shape index (κ1) is 21.7. The minimum absolute atomic E-state index is 0.0855. The smallest absolute Gasteiger partial charge is 0.270 e. The fourth-order valence-corrected chi connectivity index (χ4v) is 4.54. The minimum Gasteiger partial charge on any atom is -0.488 e. The van der Waals surface area contributed by atoms with Gasteiger partial charge in [-0.2, -0.15) is 0 Å². The third kappa shape index (κ3) is 4.56. The number of nitrogens with zero attached hydrogens (tertiary/aromatic N) is 2. The highest BCUT2D eigenvalue weighted by Gasteiger charge is 2.34. The van der Waals surface area contributed by atoms with Gasteiger partial charge in [0.05, 0.1) is 15.5 Å². The number of nitro benzene ring substituents is 1. The van der Waals surface area contributed by atoms with E-state index in [0.717, 1.165) is 28.6 Å². The highest BCUT2D eigenvalue weighted by molar-refractivity contribution is 8.27. The third-order valence-corrected chi connectivity index (χ3v) is 6.18. The van der Waals surface area contributed by atoms with Crippen molar-refractivity contribution in [2.45, 2.75) is 13.5 Å². The van der Waals surface area contributed by atoms with Crippen LogP contribution in [0, 0.1) is 17.0 Å². The van der Waals surface area contributed by atoms with E-state index in [1.807, 2.05) is 61.5 Å². The number of hydrogen-bond acceptors (Lipinski definition) is 6. The number of anilines is 1. The van der Waals surface area contributed by atoms with Crippen LogP contribution in [0.3, 0.4) is 0 Å². The van der Waals surface area contributed by atoms with E-state index in [4.69, 9.17) is 17.0 Å². The summed E-state index contributed by atoms with van der Waals surface area (Å²) in [4.78, 5) is 25.9. The Bertz CT molecular complexity index is 1240. The molecule has 0 radical (unpaired) electrons. The Balaban J connectivity index is 1.68. The summed E-state index contributed by atoms with van der Waals surface area (Å²) < 4.78 is 6.34. The lowest BCUT2D eigenvalue weighted by molar-refractivity contribution is -0.384. The van der Waals surface area contributed by atoms with Crippen LogP contribution in [0.2, 0.25) is 0 Å². The fraction of sp³-hybridized carbons (Fsp3) is 0.0833. The molecule has 0 unspecified atom stereocenters. The van der Waals surface area contributed by atoms with Crippen LogP contribution in [-0.2, 0) is 11.4 Å². The zero-order valence-corrected chi connectivity index (χ0v) is 18.7. The van der Waals surface area contributed by atoms with Crippen LogP contribution in [0.5, 0.6) is 5.75 Å². The molecule has 1 amide bonds. The summed E-state index contributed by atoms with van der Waals surface area (Å²) in [6.45, 7) is 2.21. The lowest BCUT2D eigenvalue weighted by Crippen LogP contribution is -2.28. The number of hydrogen-bond donors (Lipinski definition) is 0. The summed E-state index contributed by atoms with van der Waals surface area (Å²) in [6, 6.07) is 21.4. The second-order valence-corrected chi connectivity index (χ2v) is 8.73. The predicted octanol–water partition coefficient (Wildman–Crippen LogP) is 5.89. The summed E-state index contributed by atoms with van der Waals surface area (Å²) in [5, 5.41) is 11.3. The van der Waals surface area contributed by atoms with E-state index in [-0.39, 0.29) is 11.6 Å². The first-order chi connectivity index (χ1) is 15.4. The lowest BCUT2D eigenvalue weighted by Gasteiger charge is -2.16. The number of thiocarbonyl (C=S) groups is 1. The highest BCUT2D eigenvalue weighted by Crippen LogP contribution is 2.38. The first-order valence-electron chi connectivity index (χ1n) is 9.73. The van der Waals surface area contributed by atoms with E-state index >= 15 is 0 Å². The average molecular weight is 463 g/mol. The van der Waals surface area contributed by atoms with Crippen molar-refractivity contribution in [3.05, 3.63) is 105 Å². The Hall–Kier alpha value is -3.49. The van der Waals surface area contributed by atoms with Gasteiger partial charge in [-0.25, -0.2) is 0 Å². The number of carbonyl (C=O) groups is 1. The number of non-ortho nitro benzene ring substituents is 1. The van der Waals surface area contributed by atoms with Crippen LogP contribution < -0.4 is 9.64 Å². The summed E-state index contributed by atoms with van der Waals surface area (Å²) in [5.74, 6) is 0.176. The molecule has 0 saturated carbocycles. The van der Waals surface area contributed by atoms with Crippen LogP contribution >= 0.6 is 24.0 Å². The molecular formula is C24H18N2O4S2. The molecule has 6 nitrogen and oxygen atoms in total. The molecule has 1 heterocycles. The number of amides is 1. The van der Waals surface area contributed by atoms with Gasteiger partial charge in [0.15, 0.2) is 4.32 Å². The molecule has 0 atom stereocenters. The zero-order valence-electron chi connectivity index (χ0n) is 17.1. The van der Waals surface area contributed by atoms with Crippen molar-refractivity contribution in [3.63, 3.8) is 0 Å². The Morgan fingerprint density at radius 2 is 1.81 bits per heavy atom. The Morgan fingerprint density at radius 1 is 1.09 bits per heavy atom. The Morgan fingerprint density at radius 3 is 2.53 bits per heavy atom. The molecule has 1 aliphatic rings. The number of carbonyl (C=O) groups excluding carboxylic acids is 1. The van der Waals surface area contributed by atoms with Crippen molar-refractivity contribution < 1.29 is 14.5 Å². The van der Waals surface area contributed by atoms with Gasteiger partial charge in [0.1, 0.15) is 12.4 Å². The van der Waals surface area contributed by atoms with Crippen LogP contribution in [-0.4, -0.2) is 15.2 Å². The van der Waals surface area contributed by atoms with E-state index in [1.165, 1.54) is 17.0 Å². The maximum Gasteiger partial charge on any atom is 0.270 e. The molecule has 32 heavy (non-hydrogen) atoms. The summed E-state index contributed by atoms with van der Waals surface area (Å²) >= 11 is 6.62. The van der Waals surface area contributed by atoms with Gasteiger partial charge in [0.25, 0.3) is 11.6 Å². The van der Waals surface area contributed by atoms with Gasteiger partial charge in [-0.3, -0.25) is 19.8 Å². The van der Waals surface area contributed by atoms with Crippen molar-refractivity contribution >= 4 is 51.7 Å². The molecule has 0 aliphatic carbocycles. The molecule has 0 aromatic heterocycles. The van der Waals surface area contributed by atoms with Crippen LogP contribution in [0.1, 0.15) is 16.7 Å². The zero-order chi connectivity index (χ0) is 22.7. The minimum atomic E-state index is -0.475. The number of benzene rings is 3. The topological polar surface area (TPSA) is 72.7 Å². The van der Waals surface area contributed by atoms with Crippen LogP contribution in [0.4, 0.5) is 11.4 Å². The second-order valence-electron chi connectivity index (χ2n) is 7.06. The molecular weight excluding hydrogens is 444 g/mol. The van der Waals surface area contributed by atoms with Crippen LogP contribution in [0.15, 0.2) is 77.7 Å². The molecule has 1 aliphatic heterocycles. The Kier molecular flexibility index (Phi) is 6.34. The van der Waals surface area contributed by atoms with Gasteiger partial charge in [0.2, 0.25) is 0 Å². The number of ether oxygens (including phenoxy) is 1. The van der Waals surface area contributed by atoms with Gasteiger partial charge >= 0.3 is 0 Å². The summed E-state index contributed by atoms with van der Waals surface area (Å²) in [5.41, 5.74) is 2.96. The highest BCUT2D eigenvalue weighted by atomic mass is 32.2. The van der Waals surface area contributed by atoms with E-state index < -0.39 is 4.92 Å². The molecule has 0 N–H and O–H groups in total. The maximum absolute atomic E-state index is 13.2. The molecule has 0 spiro atoms. The first-order valence-corrected chi connectivity index (χ1v) is 11.0. The fourth-order valence-electron chi connectivity index (χ4n) is 3.26. The molecule has 3 aromatic rings. The molecule has 4 rings (SSSR count). The standard InChI is InChI=1S/C24H18N2O4S2/c1-16-7-5-6-10-20(16)25-23(27)22(32-24(25)31)14-18-13-19(26(28)29)11-12-21(18)30-15-17-8-3-2-4-9-17/h2-14H,15H2,1H3. The second kappa shape index (κ2) is 9.33. The molecule has 0 bridgehead atoms. The number of aryl methyl sites for hydroxylation is 1. The monoisotopic (exact) mass is 462 g/mol. The maximum atomic E-state index is 13.2. The van der Waals surface area contributed by atoms with E-state index in [0.29, 0.717) is 27.1 Å². The normalized spacial score (nSPS) is 14.8. The van der Waals surface area contributed by atoms with Crippen molar-refractivity contribution in [2.75, 3.05) is 4.90 Å². The van der Waals surface area contributed by atoms with E-state index in [1.54, 1.807) is 12.1 Å². The quantitative estimate of drug-likeness (QED) is 0.197. The summed E-state index contributed by atoms with van der Waals surface area (Å²) in [6.07, 6.45) is 1.60. The molecule has 3 aromatic carbocycles. The van der Waals surface area contributed by atoms with Gasteiger partial charge in [-0.1, -0.05) is 72.5 Å². The van der Waals surface area contributed by atoms with Gasteiger partial charge < -0.3 is 4.74 Å². The molecule has 160 valence electrons. The number of nitro groups is 1. The predicted molar refractivity (Wildman–Crippen MR) is 131 cm³/mol. The lowest BCUT2D eigenvalue weighted by atomic mass is 10.1. The Labute approximate surface area is 194 Å². The average Bonchev–Trinajstić information content (AvgIpc) is 3.06. The van der Waals surface area contributed by atoms with Gasteiger partial charge in [-0.05, 0) is 36.3 Å². The van der Waals surface area contributed by atoms with Crippen molar-refractivity contribution in [1.29, 1.82) is 0 Å². The number of para-hydroxylation sites is 1. The third-order valence-electron chi connectivity index (χ3n) is 4.88. The SMILES string of the molecule is Cc1ccccc1N1C(=O)C(=Cc2cc([N+](=O)[O-])ccc2OCc2ccccc2)SC1=S. The number of thioether (sulfide) groups is 1. The largest absolute Gasteiger partial charge is 0.488 e. The molecule has 1 fully saturated rings. The van der Waals surface area contributed by atoms with Crippen molar-refractivity contribution in [2.24, 2.45) is 0 Å². The van der Waals surface area contributed by atoms with E-state index in [2.05, 4.69) is 0 Å².